The highest BCUT2D eigenvalue weighted by Crippen LogP contribution is 2.42. The zero-order valence-corrected chi connectivity index (χ0v) is 16.9. The Kier molecular flexibility index (Phi) is 4.51. The Balaban J connectivity index is 1.27. The average Bonchev–Trinajstić information content (AvgIpc) is 3.40. The van der Waals surface area contributed by atoms with Gasteiger partial charge in [0, 0.05) is 37.5 Å². The third-order valence-electron chi connectivity index (χ3n) is 6.80. The number of aliphatic hydroxyl groups is 1. The van der Waals surface area contributed by atoms with E-state index < -0.39 is 11.5 Å². The third kappa shape index (κ3) is 3.59. The van der Waals surface area contributed by atoms with Gasteiger partial charge in [0.1, 0.15) is 0 Å². The molecule has 0 bridgehead atoms. The highest BCUT2D eigenvalue weighted by Gasteiger charge is 2.49. The summed E-state index contributed by atoms with van der Waals surface area (Å²) in [6.45, 7) is 5.37. The first-order valence-corrected chi connectivity index (χ1v) is 10.7. The summed E-state index contributed by atoms with van der Waals surface area (Å²) < 4.78 is 1.46. The normalized spacial score (nSPS) is 25.2. The molecule has 1 saturated carbocycles. The second-order valence-electron chi connectivity index (χ2n) is 9.29. The van der Waals surface area contributed by atoms with Crippen molar-refractivity contribution in [3.8, 4) is 0 Å². The van der Waals surface area contributed by atoms with Gasteiger partial charge in [-0.15, -0.1) is 0 Å². The van der Waals surface area contributed by atoms with Crippen molar-refractivity contribution in [1.82, 2.24) is 24.4 Å². The van der Waals surface area contributed by atoms with Crippen LogP contribution in [0, 0.1) is 18.3 Å². The maximum Gasteiger partial charge on any atom is 0.272 e. The van der Waals surface area contributed by atoms with Gasteiger partial charge in [-0.25, -0.2) is 9.50 Å². The van der Waals surface area contributed by atoms with E-state index in [1.54, 1.807) is 6.07 Å². The minimum atomic E-state index is -0.419. The van der Waals surface area contributed by atoms with Crippen LogP contribution in [0.2, 0.25) is 0 Å². The van der Waals surface area contributed by atoms with Crippen molar-refractivity contribution in [1.29, 1.82) is 0 Å². The van der Waals surface area contributed by atoms with Gasteiger partial charge in [-0.2, -0.15) is 0 Å². The first kappa shape index (κ1) is 18.8. The molecule has 156 valence electrons. The Morgan fingerprint density at radius 3 is 2.72 bits per heavy atom. The van der Waals surface area contributed by atoms with E-state index in [0.717, 1.165) is 43.9 Å². The number of fused-ring (bicyclic) bond motifs is 1. The Labute approximate surface area is 169 Å². The minimum absolute atomic E-state index is 0.104. The van der Waals surface area contributed by atoms with Crippen LogP contribution in [0.15, 0.2) is 16.9 Å². The summed E-state index contributed by atoms with van der Waals surface area (Å²) in [6, 6.07) is 3.45. The van der Waals surface area contributed by atoms with Crippen molar-refractivity contribution in [3.05, 3.63) is 33.9 Å². The predicted octanol–water partition coefficient (Wildman–Crippen LogP) is 0.916. The number of likely N-dealkylation sites (tertiary alicyclic amines) is 2. The Hall–Kier alpha value is -2.19. The van der Waals surface area contributed by atoms with Crippen LogP contribution in [0.1, 0.15) is 43.5 Å². The van der Waals surface area contributed by atoms with E-state index in [2.05, 4.69) is 15.0 Å². The standard InChI is InChI=1S/C21H29N5O3/c1-14-8-18-22-16(9-19(28)26(18)23-14)12-24-6-4-21(5-7-24)10-17(27)13-25(20(21)29)11-15-2-3-15/h8-9,15,17,23,27H,2-7,10-13H2,1H3. The van der Waals surface area contributed by atoms with Gasteiger partial charge >= 0.3 is 0 Å². The van der Waals surface area contributed by atoms with Gasteiger partial charge in [0.25, 0.3) is 5.56 Å². The number of aliphatic hydroxyl groups excluding tert-OH is 1. The molecule has 8 nitrogen and oxygen atoms in total. The number of nitrogens with one attached hydrogen (secondary N) is 1. The van der Waals surface area contributed by atoms with Gasteiger partial charge in [-0.3, -0.25) is 19.6 Å². The van der Waals surface area contributed by atoms with E-state index >= 15 is 0 Å². The fourth-order valence-electron chi connectivity index (χ4n) is 5.07. The monoisotopic (exact) mass is 399 g/mol. The largest absolute Gasteiger partial charge is 0.391 e. The van der Waals surface area contributed by atoms with Gasteiger partial charge in [0.15, 0.2) is 5.65 Å². The maximum atomic E-state index is 13.2. The average molecular weight is 399 g/mol. The molecule has 1 atom stereocenters. The van der Waals surface area contributed by atoms with E-state index in [1.165, 1.54) is 17.4 Å². The Morgan fingerprint density at radius 1 is 1.24 bits per heavy atom. The predicted molar refractivity (Wildman–Crippen MR) is 107 cm³/mol. The van der Waals surface area contributed by atoms with Crippen molar-refractivity contribution in [3.63, 3.8) is 0 Å². The molecule has 1 aliphatic carbocycles. The van der Waals surface area contributed by atoms with Gasteiger partial charge in [0.2, 0.25) is 5.91 Å². The molecule has 2 N–H and O–H groups in total. The molecule has 3 aliphatic rings. The van der Waals surface area contributed by atoms with Crippen LogP contribution in [-0.4, -0.2) is 67.7 Å². The lowest BCUT2D eigenvalue weighted by Crippen LogP contribution is -2.57. The van der Waals surface area contributed by atoms with Gasteiger partial charge < -0.3 is 10.0 Å². The van der Waals surface area contributed by atoms with Crippen LogP contribution in [-0.2, 0) is 11.3 Å². The number of carbonyl (C=O) groups excluding carboxylic acids is 1. The summed E-state index contributed by atoms with van der Waals surface area (Å²) in [7, 11) is 0. The minimum Gasteiger partial charge on any atom is -0.391 e. The molecule has 2 saturated heterocycles. The number of aromatic nitrogens is 3. The molecule has 2 aromatic heterocycles. The lowest BCUT2D eigenvalue weighted by atomic mass is 9.70. The molecule has 0 radical (unpaired) electrons. The van der Waals surface area contributed by atoms with E-state index in [1.807, 2.05) is 17.9 Å². The molecule has 4 heterocycles. The number of amides is 1. The maximum absolute atomic E-state index is 13.2. The Morgan fingerprint density at radius 2 is 2.00 bits per heavy atom. The number of nitrogens with zero attached hydrogens (tertiary/aromatic N) is 4. The van der Waals surface area contributed by atoms with Crippen LogP contribution >= 0.6 is 0 Å². The van der Waals surface area contributed by atoms with Crippen molar-refractivity contribution < 1.29 is 9.90 Å². The lowest BCUT2D eigenvalue weighted by molar-refractivity contribution is -0.157. The van der Waals surface area contributed by atoms with E-state index in [0.29, 0.717) is 31.1 Å². The number of hydrogen-bond donors (Lipinski definition) is 2. The molecule has 1 unspecified atom stereocenters. The SMILES string of the molecule is Cc1cc2nc(CN3CCC4(CC3)CC(O)CN(CC3CC3)C4=O)cc(=O)n2[nH]1. The second kappa shape index (κ2) is 6.95. The first-order valence-electron chi connectivity index (χ1n) is 10.7. The molecule has 5 rings (SSSR count). The number of carbonyl (C=O) groups is 1. The molecular formula is C21H29N5O3. The molecule has 1 amide bonds. The highest BCUT2D eigenvalue weighted by molar-refractivity contribution is 5.84. The van der Waals surface area contributed by atoms with Crippen LogP contribution < -0.4 is 5.56 Å². The third-order valence-corrected chi connectivity index (χ3v) is 6.80. The molecular weight excluding hydrogens is 370 g/mol. The number of hydrogen-bond acceptors (Lipinski definition) is 5. The zero-order valence-electron chi connectivity index (χ0n) is 16.9. The number of H-pyrrole nitrogens is 1. The summed E-state index contributed by atoms with van der Waals surface area (Å²) in [5, 5.41) is 13.4. The Bertz CT molecular complexity index is 982. The first-order chi connectivity index (χ1) is 13.9. The molecule has 3 fully saturated rings. The van der Waals surface area contributed by atoms with E-state index in [-0.39, 0.29) is 11.5 Å². The number of aromatic amines is 1. The summed E-state index contributed by atoms with van der Waals surface area (Å²) in [5.41, 5.74) is 1.78. The van der Waals surface area contributed by atoms with Crippen LogP contribution in [0.5, 0.6) is 0 Å². The zero-order chi connectivity index (χ0) is 20.2. The van der Waals surface area contributed by atoms with Gasteiger partial charge in [-0.1, -0.05) is 0 Å². The number of aryl methyl sites for hydroxylation is 1. The quantitative estimate of drug-likeness (QED) is 0.797. The number of piperidine rings is 2. The number of rotatable bonds is 4. The summed E-state index contributed by atoms with van der Waals surface area (Å²) in [5.74, 6) is 0.883. The molecule has 0 aromatic carbocycles. The molecule has 2 aromatic rings. The molecule has 29 heavy (non-hydrogen) atoms. The summed E-state index contributed by atoms with van der Waals surface area (Å²) >= 11 is 0. The number of β-amino-alcohol motifs (C(OH)–C–C–N with tert-alkyl or cyclic N) is 1. The highest BCUT2D eigenvalue weighted by atomic mass is 16.3. The fourth-order valence-corrected chi connectivity index (χ4v) is 5.07. The second-order valence-corrected chi connectivity index (χ2v) is 9.29. The van der Waals surface area contributed by atoms with Crippen molar-refractivity contribution in [2.75, 3.05) is 26.2 Å². The van der Waals surface area contributed by atoms with E-state index in [4.69, 9.17) is 0 Å². The lowest BCUT2D eigenvalue weighted by Gasteiger charge is -2.48. The van der Waals surface area contributed by atoms with E-state index in [9.17, 15) is 14.7 Å². The fraction of sp³-hybridized carbons (Fsp3) is 0.667. The smallest absolute Gasteiger partial charge is 0.272 e. The van der Waals surface area contributed by atoms with Gasteiger partial charge in [0.05, 0.1) is 17.2 Å². The van der Waals surface area contributed by atoms with Crippen molar-refractivity contribution in [2.24, 2.45) is 11.3 Å². The van der Waals surface area contributed by atoms with Gasteiger partial charge in [-0.05, 0) is 58.0 Å². The topological polar surface area (TPSA) is 93.9 Å². The molecule has 2 aliphatic heterocycles. The van der Waals surface area contributed by atoms with Crippen molar-refractivity contribution in [2.45, 2.75) is 51.7 Å². The summed E-state index contributed by atoms with van der Waals surface area (Å²) in [6.07, 6.45) is 4.09. The van der Waals surface area contributed by atoms with Crippen LogP contribution in [0.4, 0.5) is 0 Å². The van der Waals surface area contributed by atoms with Crippen LogP contribution in [0.3, 0.4) is 0 Å². The molecule has 1 spiro atoms. The molecule has 8 heteroatoms. The summed E-state index contributed by atoms with van der Waals surface area (Å²) in [4.78, 5) is 34.3. The van der Waals surface area contributed by atoms with Crippen LogP contribution in [0.25, 0.3) is 5.65 Å². The van der Waals surface area contributed by atoms with Crippen molar-refractivity contribution >= 4 is 11.6 Å².